The maximum atomic E-state index is 8.07. The van der Waals surface area contributed by atoms with Crippen LogP contribution in [0.4, 0.5) is 0 Å². The Hall–Kier alpha value is -0.200. The van der Waals surface area contributed by atoms with Gasteiger partial charge in [-0.05, 0) is 27.7 Å². The molecule has 0 atom stereocenters. The number of ether oxygens (including phenoxy) is 2. The molecule has 0 aromatic carbocycles. The maximum Gasteiger partial charge on any atom is 0.0697 e. The van der Waals surface area contributed by atoms with Crippen molar-refractivity contribution in [2.75, 3.05) is 39.6 Å². The topological polar surface area (TPSA) is 79.2 Å². The molecule has 5 nitrogen and oxygen atoms in total. The van der Waals surface area contributed by atoms with Crippen LogP contribution in [0.1, 0.15) is 27.7 Å². The molecule has 0 aromatic rings. The van der Waals surface area contributed by atoms with Gasteiger partial charge in [0.1, 0.15) is 0 Å². The van der Waals surface area contributed by atoms with Crippen molar-refractivity contribution in [3.63, 3.8) is 0 Å². The van der Waals surface area contributed by atoms with Crippen LogP contribution in [0.25, 0.3) is 0 Å². The Morgan fingerprint density at radius 2 is 1.12 bits per heavy atom. The van der Waals surface area contributed by atoms with E-state index in [0.717, 1.165) is 0 Å². The minimum atomic E-state index is -0.167. The summed E-state index contributed by atoms with van der Waals surface area (Å²) >= 11 is 0. The van der Waals surface area contributed by atoms with Crippen LogP contribution in [0.3, 0.4) is 0 Å². The standard InChI is InChI=1S/2C4H10O2.C3H8O/c2*1-2-6-4-3-5;1-3(2)4/h2*5H,2-4H2,1H3;3-4H,1-2H3. The molecule has 0 fully saturated rings. The lowest BCUT2D eigenvalue weighted by atomic mass is 10.5. The quantitative estimate of drug-likeness (QED) is 0.586. The molecule has 0 spiro atoms. The van der Waals surface area contributed by atoms with Crippen molar-refractivity contribution in [3.05, 3.63) is 0 Å². The zero-order valence-electron chi connectivity index (χ0n) is 11.0. The van der Waals surface area contributed by atoms with Crippen molar-refractivity contribution in [3.8, 4) is 0 Å². The molecular formula is C11H28O5. The van der Waals surface area contributed by atoms with Crippen molar-refractivity contribution < 1.29 is 24.8 Å². The van der Waals surface area contributed by atoms with E-state index < -0.39 is 0 Å². The molecule has 5 heteroatoms. The van der Waals surface area contributed by atoms with Crippen LogP contribution in [0.15, 0.2) is 0 Å². The van der Waals surface area contributed by atoms with Gasteiger partial charge in [0.05, 0.1) is 26.4 Å². The Morgan fingerprint density at radius 1 is 0.875 bits per heavy atom. The number of rotatable bonds is 6. The molecule has 0 rings (SSSR count). The van der Waals surface area contributed by atoms with Crippen molar-refractivity contribution in [1.82, 2.24) is 0 Å². The van der Waals surface area contributed by atoms with E-state index in [1.54, 1.807) is 13.8 Å². The van der Waals surface area contributed by atoms with Crippen molar-refractivity contribution in [1.29, 1.82) is 0 Å². The number of aliphatic hydroxyl groups excluding tert-OH is 3. The fourth-order valence-electron chi connectivity index (χ4n) is 0.418. The van der Waals surface area contributed by atoms with Gasteiger partial charge in [-0.2, -0.15) is 0 Å². The maximum absolute atomic E-state index is 8.07. The molecule has 0 aliphatic carbocycles. The van der Waals surface area contributed by atoms with E-state index >= 15 is 0 Å². The van der Waals surface area contributed by atoms with Gasteiger partial charge in [0, 0.05) is 19.3 Å². The molecule has 3 N–H and O–H groups in total. The zero-order chi connectivity index (χ0) is 13.2. The second kappa shape index (κ2) is 24.2. The van der Waals surface area contributed by atoms with E-state index in [4.69, 9.17) is 24.8 Å². The van der Waals surface area contributed by atoms with Gasteiger partial charge in [-0.3, -0.25) is 0 Å². The summed E-state index contributed by atoms with van der Waals surface area (Å²) in [5.41, 5.74) is 0. The molecule has 0 unspecified atom stereocenters. The Labute approximate surface area is 99.0 Å². The third-order valence-corrected chi connectivity index (χ3v) is 0.879. The molecule has 0 bridgehead atoms. The van der Waals surface area contributed by atoms with Gasteiger partial charge in [0.2, 0.25) is 0 Å². The van der Waals surface area contributed by atoms with Crippen LogP contribution in [0.2, 0.25) is 0 Å². The van der Waals surface area contributed by atoms with Crippen molar-refractivity contribution in [2.45, 2.75) is 33.8 Å². The fraction of sp³-hybridized carbons (Fsp3) is 1.00. The summed E-state index contributed by atoms with van der Waals surface area (Å²) in [6.45, 7) is 9.83. The highest BCUT2D eigenvalue weighted by Gasteiger charge is 1.74. The lowest BCUT2D eigenvalue weighted by Crippen LogP contribution is -1.96. The monoisotopic (exact) mass is 240 g/mol. The summed E-state index contributed by atoms with van der Waals surface area (Å²) in [6, 6.07) is 0. The highest BCUT2D eigenvalue weighted by Crippen LogP contribution is 1.67. The van der Waals surface area contributed by atoms with E-state index in [9.17, 15) is 0 Å². The van der Waals surface area contributed by atoms with Crippen LogP contribution in [0.5, 0.6) is 0 Å². The predicted octanol–water partition coefficient (Wildman–Crippen LogP) is 0.417. The number of hydrogen-bond donors (Lipinski definition) is 3. The summed E-state index contributed by atoms with van der Waals surface area (Å²) in [7, 11) is 0. The molecule has 102 valence electrons. The molecule has 0 radical (unpaired) electrons. The van der Waals surface area contributed by atoms with E-state index in [-0.39, 0.29) is 19.3 Å². The third kappa shape index (κ3) is 67.2. The van der Waals surface area contributed by atoms with Crippen LogP contribution in [-0.2, 0) is 9.47 Å². The Bertz CT molecular complexity index is 69.7. The second-order valence-electron chi connectivity index (χ2n) is 2.93. The van der Waals surface area contributed by atoms with Crippen LogP contribution in [-0.4, -0.2) is 61.1 Å². The first-order valence-electron chi connectivity index (χ1n) is 5.61. The third-order valence-electron chi connectivity index (χ3n) is 0.879. The predicted molar refractivity (Wildman–Crippen MR) is 64.5 cm³/mol. The summed E-state index contributed by atoms with van der Waals surface area (Å²) in [4.78, 5) is 0. The highest BCUT2D eigenvalue weighted by atomic mass is 16.5. The van der Waals surface area contributed by atoms with Gasteiger partial charge >= 0.3 is 0 Å². The van der Waals surface area contributed by atoms with Crippen LogP contribution in [0, 0.1) is 0 Å². The molecule has 16 heavy (non-hydrogen) atoms. The van der Waals surface area contributed by atoms with E-state index in [2.05, 4.69) is 0 Å². The van der Waals surface area contributed by atoms with Crippen molar-refractivity contribution in [2.24, 2.45) is 0 Å². The SMILES string of the molecule is CC(C)O.CCOCCO.CCOCCO. The van der Waals surface area contributed by atoms with Gasteiger partial charge in [0.25, 0.3) is 0 Å². The summed E-state index contributed by atoms with van der Waals surface area (Å²) in [5.74, 6) is 0. The van der Waals surface area contributed by atoms with Gasteiger partial charge < -0.3 is 24.8 Å². The first kappa shape index (κ1) is 21.1. The zero-order valence-corrected chi connectivity index (χ0v) is 11.0. The average molecular weight is 240 g/mol. The van der Waals surface area contributed by atoms with Gasteiger partial charge in [0.15, 0.2) is 0 Å². The van der Waals surface area contributed by atoms with E-state index in [1.165, 1.54) is 0 Å². The van der Waals surface area contributed by atoms with E-state index in [0.29, 0.717) is 26.4 Å². The smallest absolute Gasteiger partial charge is 0.0697 e. The molecule has 0 amide bonds. The molecular weight excluding hydrogens is 212 g/mol. The van der Waals surface area contributed by atoms with Gasteiger partial charge in [-0.15, -0.1) is 0 Å². The van der Waals surface area contributed by atoms with Crippen molar-refractivity contribution >= 4 is 0 Å². The van der Waals surface area contributed by atoms with Crippen LogP contribution >= 0.6 is 0 Å². The summed E-state index contributed by atoms with van der Waals surface area (Å²) in [6.07, 6.45) is -0.167. The highest BCUT2D eigenvalue weighted by molar-refractivity contribution is 4.21. The van der Waals surface area contributed by atoms with Gasteiger partial charge in [-0.25, -0.2) is 0 Å². The number of aliphatic hydroxyl groups is 3. The summed E-state index contributed by atoms with van der Waals surface area (Å²) < 4.78 is 9.47. The van der Waals surface area contributed by atoms with E-state index in [1.807, 2.05) is 13.8 Å². The first-order valence-corrected chi connectivity index (χ1v) is 5.61. The molecule has 0 aliphatic heterocycles. The fourth-order valence-corrected chi connectivity index (χ4v) is 0.418. The Kier molecular flexibility index (Phi) is 31.9. The average Bonchev–Trinajstić information content (AvgIpc) is 2.23. The lowest BCUT2D eigenvalue weighted by Gasteiger charge is -1.91. The summed E-state index contributed by atoms with van der Waals surface area (Å²) in [5, 5.41) is 24.2. The first-order chi connectivity index (χ1) is 7.56. The molecule has 0 saturated heterocycles. The molecule has 0 aliphatic rings. The Balaban J connectivity index is -0.000000162. The minimum absolute atomic E-state index is 0.133. The minimum Gasteiger partial charge on any atom is -0.394 e. The number of hydrogen-bond acceptors (Lipinski definition) is 5. The van der Waals surface area contributed by atoms with Gasteiger partial charge in [-0.1, -0.05) is 0 Å². The van der Waals surface area contributed by atoms with Crippen LogP contribution < -0.4 is 0 Å². The molecule has 0 heterocycles. The second-order valence-corrected chi connectivity index (χ2v) is 2.93. The lowest BCUT2D eigenvalue weighted by molar-refractivity contribution is 0.102. The Morgan fingerprint density at radius 3 is 1.19 bits per heavy atom. The molecule has 0 saturated carbocycles. The normalized spacial score (nSPS) is 9.00. The largest absolute Gasteiger partial charge is 0.394 e. The molecule has 0 aromatic heterocycles.